The molecule has 1 heteroatoms. The van der Waals surface area contributed by atoms with Gasteiger partial charge in [0.25, 0.3) is 0 Å². The van der Waals surface area contributed by atoms with E-state index in [9.17, 15) is 5.11 Å². The van der Waals surface area contributed by atoms with Gasteiger partial charge in [0, 0.05) is 5.41 Å². The van der Waals surface area contributed by atoms with E-state index in [1.54, 1.807) is 0 Å². The molecule has 43 heavy (non-hydrogen) atoms. The number of hydrogen-bond donors (Lipinski definition) is 1. The van der Waals surface area contributed by atoms with E-state index >= 15 is 0 Å². The fourth-order valence-electron chi connectivity index (χ4n) is 11.2. The van der Waals surface area contributed by atoms with Gasteiger partial charge < -0.3 is 5.11 Å². The monoisotopic (exact) mass is 599 g/mol. The van der Waals surface area contributed by atoms with Crippen molar-refractivity contribution in [3.05, 3.63) is 0 Å². The lowest BCUT2D eigenvalue weighted by Gasteiger charge is -2.57. The highest BCUT2D eigenvalue weighted by atomic mass is 16.3. The third-order valence-electron chi connectivity index (χ3n) is 13.5. The summed E-state index contributed by atoms with van der Waals surface area (Å²) >= 11 is 0. The van der Waals surface area contributed by atoms with Gasteiger partial charge in [-0.1, -0.05) is 180 Å². The van der Waals surface area contributed by atoms with Gasteiger partial charge in [-0.2, -0.15) is 0 Å². The molecular weight excluding hydrogens is 520 g/mol. The van der Waals surface area contributed by atoms with Gasteiger partial charge in [0.15, 0.2) is 0 Å². The maximum Gasteiger partial charge on any atom is 0.0632 e. The quantitative estimate of drug-likeness (QED) is 0.334. The van der Waals surface area contributed by atoms with Crippen molar-refractivity contribution in [1.29, 1.82) is 0 Å². The van der Waals surface area contributed by atoms with Crippen LogP contribution in [0.15, 0.2) is 0 Å². The van der Waals surface area contributed by atoms with Gasteiger partial charge in [-0.3, -0.25) is 0 Å². The van der Waals surface area contributed by atoms with Crippen LogP contribution >= 0.6 is 0 Å². The highest BCUT2D eigenvalue weighted by Gasteiger charge is 2.55. The second-order valence-corrected chi connectivity index (χ2v) is 16.5. The summed E-state index contributed by atoms with van der Waals surface area (Å²) in [5.41, 5.74) is 0.173. The molecule has 0 bridgehead atoms. The molecule has 0 amide bonds. The molecule has 4 fully saturated rings. The van der Waals surface area contributed by atoms with Gasteiger partial charge in [0.1, 0.15) is 0 Å². The lowest BCUT2D eigenvalue weighted by atomic mass is 9.49. The highest BCUT2D eigenvalue weighted by Crippen LogP contribution is 2.58. The average molecular weight is 599 g/mol. The Balaban J connectivity index is 1.77. The first-order valence-corrected chi connectivity index (χ1v) is 21.0. The topological polar surface area (TPSA) is 20.2 Å². The van der Waals surface area contributed by atoms with Crippen molar-refractivity contribution in [3.63, 3.8) is 0 Å². The molecule has 0 aromatic carbocycles. The molecular formula is C42H78O. The first-order valence-electron chi connectivity index (χ1n) is 21.0. The summed E-state index contributed by atoms with van der Waals surface area (Å²) in [7, 11) is 0. The van der Waals surface area contributed by atoms with Crippen molar-refractivity contribution in [2.45, 2.75) is 237 Å². The maximum atomic E-state index is 13.5. The van der Waals surface area contributed by atoms with Crippen LogP contribution in [0.3, 0.4) is 0 Å². The molecule has 0 aliphatic heterocycles. The van der Waals surface area contributed by atoms with Crippen molar-refractivity contribution in [1.82, 2.24) is 0 Å². The molecule has 1 unspecified atom stereocenters. The lowest BCUT2D eigenvalue weighted by Crippen LogP contribution is -2.56. The second kappa shape index (κ2) is 21.7. The van der Waals surface area contributed by atoms with Crippen molar-refractivity contribution in [3.8, 4) is 0 Å². The Morgan fingerprint density at radius 1 is 0.279 bits per heavy atom. The number of aliphatic hydroxyl groups is 1. The largest absolute Gasteiger partial charge is 0.392 e. The number of aliphatic hydroxyl groups excluding tert-OH is 1. The van der Waals surface area contributed by atoms with Crippen LogP contribution in [0.25, 0.3) is 0 Å². The Morgan fingerprint density at radius 3 is 0.698 bits per heavy atom. The van der Waals surface area contributed by atoms with E-state index in [1.165, 1.54) is 231 Å². The summed E-state index contributed by atoms with van der Waals surface area (Å²) < 4.78 is 0. The van der Waals surface area contributed by atoms with Gasteiger partial charge >= 0.3 is 0 Å². The second-order valence-electron chi connectivity index (χ2n) is 16.5. The van der Waals surface area contributed by atoms with Gasteiger partial charge in [0.2, 0.25) is 0 Å². The minimum atomic E-state index is -0.0549. The van der Waals surface area contributed by atoms with E-state index in [2.05, 4.69) is 0 Å². The van der Waals surface area contributed by atoms with Crippen LogP contribution in [-0.4, -0.2) is 11.2 Å². The van der Waals surface area contributed by atoms with E-state index in [0.29, 0.717) is 5.92 Å². The van der Waals surface area contributed by atoms with E-state index < -0.39 is 0 Å². The van der Waals surface area contributed by atoms with Gasteiger partial charge in [0.05, 0.1) is 6.10 Å². The van der Waals surface area contributed by atoms with Gasteiger partial charge in [-0.15, -0.1) is 0 Å². The van der Waals surface area contributed by atoms with Crippen LogP contribution in [0.4, 0.5) is 0 Å². The minimum absolute atomic E-state index is 0.0549. The zero-order valence-corrected chi connectivity index (χ0v) is 29.3. The summed E-state index contributed by atoms with van der Waals surface area (Å²) in [4.78, 5) is 0. The van der Waals surface area contributed by atoms with Crippen LogP contribution < -0.4 is 0 Å². The van der Waals surface area contributed by atoms with Crippen LogP contribution in [0.5, 0.6) is 0 Å². The molecule has 0 radical (unpaired) electrons. The lowest BCUT2D eigenvalue weighted by molar-refractivity contribution is -0.150. The Kier molecular flexibility index (Phi) is 18.1. The van der Waals surface area contributed by atoms with E-state index in [-0.39, 0.29) is 11.5 Å². The zero-order chi connectivity index (χ0) is 29.8. The fraction of sp³-hybridized carbons (Fsp3) is 1.00. The third-order valence-corrected chi connectivity index (χ3v) is 13.5. The third kappa shape index (κ3) is 11.6. The van der Waals surface area contributed by atoms with Crippen molar-refractivity contribution in [2.24, 2.45) is 29.1 Å². The van der Waals surface area contributed by atoms with Crippen LogP contribution in [0.2, 0.25) is 0 Å². The first kappa shape index (κ1) is 35.8. The summed E-state index contributed by atoms with van der Waals surface area (Å²) in [5.74, 6) is 2.84. The minimum Gasteiger partial charge on any atom is -0.392 e. The summed E-state index contributed by atoms with van der Waals surface area (Å²) in [6.07, 6.45) is 51.4. The van der Waals surface area contributed by atoms with Crippen molar-refractivity contribution in [2.75, 3.05) is 0 Å². The first-order chi connectivity index (χ1) is 21.3. The molecule has 1 N–H and O–H groups in total. The molecule has 4 aliphatic rings. The molecule has 252 valence electrons. The molecule has 0 saturated heterocycles. The summed E-state index contributed by atoms with van der Waals surface area (Å²) in [5, 5.41) is 13.5. The molecule has 4 saturated carbocycles. The Bertz CT molecular complexity index is 565. The molecule has 0 heterocycles. The predicted molar refractivity (Wildman–Crippen MR) is 189 cm³/mol. The number of hydrogen-bond acceptors (Lipinski definition) is 1. The number of rotatable bonds is 5. The predicted octanol–water partition coefficient (Wildman–Crippen LogP) is 13.9. The fourth-order valence-corrected chi connectivity index (χ4v) is 11.2. The zero-order valence-electron chi connectivity index (χ0n) is 29.3. The van der Waals surface area contributed by atoms with Crippen molar-refractivity contribution >= 4 is 0 Å². The molecule has 4 aliphatic carbocycles. The van der Waals surface area contributed by atoms with Crippen LogP contribution in [0, 0.1) is 29.1 Å². The molecule has 0 spiro atoms. The molecule has 1 atom stereocenters. The standard InChI is InChI=1S/C42H78O/c43-41(37-29-21-13-5-1-6-14-22-30-37)42(38-31-23-15-7-2-8-16-24-32-38,39-33-25-17-9-3-10-18-26-34-39)40-35-27-19-11-4-12-20-28-36-40/h37-41,43H,1-36H2. The van der Waals surface area contributed by atoms with Gasteiger partial charge in [-0.05, 0) is 75.0 Å². The normalized spacial score (nSPS) is 27.6. The average Bonchev–Trinajstić information content (AvgIpc) is 3.04. The Labute approximate surface area is 270 Å². The maximum absolute atomic E-state index is 13.5. The Morgan fingerprint density at radius 2 is 0.465 bits per heavy atom. The molecule has 0 aromatic rings. The Hall–Kier alpha value is -0.0400. The molecule has 1 nitrogen and oxygen atoms in total. The smallest absolute Gasteiger partial charge is 0.0632 e. The van der Waals surface area contributed by atoms with E-state index in [4.69, 9.17) is 0 Å². The molecule has 4 rings (SSSR count). The van der Waals surface area contributed by atoms with Crippen molar-refractivity contribution < 1.29 is 5.11 Å². The van der Waals surface area contributed by atoms with E-state index in [0.717, 1.165) is 17.8 Å². The SMILES string of the molecule is OC(C1CCCCCCCCC1)C(C1CCCCCCCCC1)(C1CCCCCCCCC1)C1CCCCCCCCC1. The highest BCUT2D eigenvalue weighted by molar-refractivity contribution is 5.04. The van der Waals surface area contributed by atoms with Gasteiger partial charge in [-0.25, -0.2) is 0 Å². The summed E-state index contributed by atoms with van der Waals surface area (Å²) in [6, 6.07) is 0. The van der Waals surface area contributed by atoms with Crippen LogP contribution in [-0.2, 0) is 0 Å². The van der Waals surface area contributed by atoms with Crippen LogP contribution in [0.1, 0.15) is 231 Å². The van der Waals surface area contributed by atoms with E-state index in [1.807, 2.05) is 0 Å². The summed E-state index contributed by atoms with van der Waals surface area (Å²) in [6.45, 7) is 0. The molecule has 0 aromatic heterocycles.